The number of rotatable bonds is 12. The molecule has 10 heteroatoms. The fraction of sp³-hybridized carbons (Fsp3) is 0.367. The molecule has 0 atom stereocenters. The van der Waals surface area contributed by atoms with E-state index in [1.165, 1.54) is 0 Å². The van der Waals surface area contributed by atoms with Gasteiger partial charge in [0.25, 0.3) is 5.56 Å². The zero-order chi connectivity index (χ0) is 28.6. The molecule has 1 N–H and O–H groups in total. The van der Waals surface area contributed by atoms with Gasteiger partial charge in [0.05, 0.1) is 18.1 Å². The summed E-state index contributed by atoms with van der Waals surface area (Å²) in [4.78, 5) is 35.4. The normalized spacial score (nSPS) is 11.1. The molecule has 210 valence electrons. The molecule has 0 aliphatic heterocycles. The number of methoxy groups -OCH3 is 1. The minimum absolute atomic E-state index is 0.0505. The molecule has 0 amide bonds. The first-order valence-corrected chi connectivity index (χ1v) is 13.8. The van der Waals surface area contributed by atoms with E-state index in [0.717, 1.165) is 53.0 Å². The molecule has 2 aromatic heterocycles. The summed E-state index contributed by atoms with van der Waals surface area (Å²) in [6, 6.07) is 15.7. The third kappa shape index (κ3) is 6.81. The Morgan fingerprint density at radius 2 is 1.85 bits per heavy atom. The fourth-order valence-electron chi connectivity index (χ4n) is 4.55. The maximum Gasteiger partial charge on any atom is 0.439 e. The molecule has 4 aromatic rings. The van der Waals surface area contributed by atoms with Crippen LogP contribution in [0.3, 0.4) is 0 Å². The van der Waals surface area contributed by atoms with Crippen molar-refractivity contribution >= 4 is 17.2 Å². The summed E-state index contributed by atoms with van der Waals surface area (Å²) in [6.45, 7) is 5.65. The van der Waals surface area contributed by atoms with Crippen LogP contribution in [0, 0.1) is 6.92 Å². The Morgan fingerprint density at radius 3 is 2.50 bits per heavy atom. The molecule has 0 unspecified atom stereocenters. The van der Waals surface area contributed by atoms with Crippen LogP contribution in [0.25, 0.3) is 22.5 Å². The standard InChI is InChI=1S/C30H35N5O4S/c1-5-6-11-26-31-20(2)25(18-27(40)34(3)16-17-38-4)29(36)35(26)19-21-12-14-22(15-13-21)23-9-7-8-10-24(23)28-32-30(37)39-33-28/h7-10,12-15H,5-6,11,16-19H2,1-4H3,(H,32,33,37). The maximum atomic E-state index is 13.8. The van der Waals surface area contributed by atoms with Crippen molar-refractivity contribution in [1.82, 2.24) is 24.6 Å². The van der Waals surface area contributed by atoms with Gasteiger partial charge in [-0.1, -0.05) is 79.3 Å². The van der Waals surface area contributed by atoms with Gasteiger partial charge >= 0.3 is 5.76 Å². The molecular formula is C30H35N5O4S. The van der Waals surface area contributed by atoms with Crippen molar-refractivity contribution in [3.8, 4) is 22.5 Å². The van der Waals surface area contributed by atoms with Gasteiger partial charge < -0.3 is 9.64 Å². The van der Waals surface area contributed by atoms with E-state index in [-0.39, 0.29) is 5.56 Å². The molecule has 0 spiro atoms. The highest BCUT2D eigenvalue weighted by molar-refractivity contribution is 7.80. The molecule has 0 aliphatic rings. The average Bonchev–Trinajstić information content (AvgIpc) is 3.40. The van der Waals surface area contributed by atoms with Crippen LogP contribution < -0.4 is 11.3 Å². The van der Waals surface area contributed by atoms with E-state index in [2.05, 4.69) is 17.1 Å². The predicted molar refractivity (Wildman–Crippen MR) is 160 cm³/mol. The van der Waals surface area contributed by atoms with E-state index in [0.29, 0.717) is 42.5 Å². The molecule has 0 aliphatic carbocycles. The van der Waals surface area contributed by atoms with Crippen LogP contribution in [-0.4, -0.2) is 56.9 Å². The van der Waals surface area contributed by atoms with Gasteiger partial charge in [-0.2, -0.15) is 0 Å². The number of aryl methyl sites for hydroxylation is 2. The van der Waals surface area contributed by atoms with Crippen LogP contribution >= 0.6 is 12.2 Å². The van der Waals surface area contributed by atoms with Gasteiger partial charge in [0.1, 0.15) is 5.82 Å². The largest absolute Gasteiger partial charge is 0.439 e. The van der Waals surface area contributed by atoms with E-state index in [1.54, 1.807) is 11.7 Å². The van der Waals surface area contributed by atoms with Gasteiger partial charge in [0.15, 0.2) is 5.82 Å². The molecule has 0 saturated heterocycles. The van der Waals surface area contributed by atoms with Crippen LogP contribution in [0.2, 0.25) is 0 Å². The van der Waals surface area contributed by atoms with Gasteiger partial charge in [0, 0.05) is 50.4 Å². The van der Waals surface area contributed by atoms with Crippen molar-refractivity contribution in [2.45, 2.75) is 46.1 Å². The van der Waals surface area contributed by atoms with Crippen molar-refractivity contribution in [2.75, 3.05) is 27.3 Å². The quantitative estimate of drug-likeness (QED) is 0.254. The minimum atomic E-state index is -0.599. The second-order valence-corrected chi connectivity index (χ2v) is 10.2. The zero-order valence-electron chi connectivity index (χ0n) is 23.4. The number of nitrogens with zero attached hydrogens (tertiary/aromatic N) is 4. The van der Waals surface area contributed by atoms with Crippen molar-refractivity contribution in [2.24, 2.45) is 0 Å². The Balaban J connectivity index is 1.64. The third-order valence-electron chi connectivity index (χ3n) is 6.92. The molecule has 40 heavy (non-hydrogen) atoms. The molecule has 9 nitrogen and oxygen atoms in total. The van der Waals surface area contributed by atoms with E-state index in [4.69, 9.17) is 26.5 Å². The highest BCUT2D eigenvalue weighted by Crippen LogP contribution is 2.30. The number of likely N-dealkylation sites (N-methyl/N-ethyl adjacent to an activating group) is 1. The fourth-order valence-corrected chi connectivity index (χ4v) is 4.78. The van der Waals surface area contributed by atoms with Crippen molar-refractivity contribution in [1.29, 1.82) is 0 Å². The molecular weight excluding hydrogens is 526 g/mol. The topological polar surface area (TPSA) is 106 Å². The molecule has 0 saturated carbocycles. The van der Waals surface area contributed by atoms with Gasteiger partial charge in [-0.25, -0.2) is 9.78 Å². The number of thiocarbonyl (C=S) groups is 1. The van der Waals surface area contributed by atoms with E-state index in [1.807, 2.05) is 67.4 Å². The molecule has 2 heterocycles. The molecule has 0 radical (unpaired) electrons. The lowest BCUT2D eigenvalue weighted by Gasteiger charge is -2.21. The summed E-state index contributed by atoms with van der Waals surface area (Å²) < 4.78 is 11.7. The predicted octanol–water partition coefficient (Wildman–Crippen LogP) is 4.40. The van der Waals surface area contributed by atoms with Crippen LogP contribution in [0.15, 0.2) is 62.6 Å². The first kappa shape index (κ1) is 29.1. The van der Waals surface area contributed by atoms with Crippen LogP contribution in [0.1, 0.15) is 42.4 Å². The number of H-pyrrole nitrogens is 1. The Labute approximate surface area is 238 Å². The lowest BCUT2D eigenvalue weighted by Crippen LogP contribution is -2.35. The SMILES string of the molecule is CCCCc1nc(C)c(CC(=S)N(C)CCOC)c(=O)n1Cc1ccc(-c2ccccc2-c2noc(=O)[nH]2)cc1. The van der Waals surface area contributed by atoms with E-state index >= 15 is 0 Å². The Morgan fingerprint density at radius 1 is 1.12 bits per heavy atom. The first-order valence-electron chi connectivity index (χ1n) is 13.4. The monoisotopic (exact) mass is 561 g/mol. The number of aromatic nitrogens is 4. The number of hydrogen-bond acceptors (Lipinski definition) is 7. The van der Waals surface area contributed by atoms with Crippen LogP contribution in [-0.2, 0) is 24.1 Å². The van der Waals surface area contributed by atoms with Gasteiger partial charge in [-0.05, 0) is 30.0 Å². The van der Waals surface area contributed by atoms with Crippen molar-refractivity contribution in [3.63, 3.8) is 0 Å². The van der Waals surface area contributed by atoms with Crippen molar-refractivity contribution < 1.29 is 9.26 Å². The van der Waals surface area contributed by atoms with Crippen molar-refractivity contribution in [3.05, 3.63) is 92.1 Å². The number of unbranched alkanes of at least 4 members (excludes halogenated alkanes) is 1. The maximum absolute atomic E-state index is 13.8. The number of benzene rings is 2. The summed E-state index contributed by atoms with van der Waals surface area (Å²) in [5.74, 6) is 0.565. The summed E-state index contributed by atoms with van der Waals surface area (Å²) in [5, 5.41) is 3.84. The second kappa shape index (κ2) is 13.5. The van der Waals surface area contributed by atoms with E-state index < -0.39 is 5.76 Å². The summed E-state index contributed by atoms with van der Waals surface area (Å²) in [5.41, 5.74) is 4.91. The number of nitrogens with one attached hydrogen (secondary N) is 1. The smallest absolute Gasteiger partial charge is 0.383 e. The van der Waals surface area contributed by atoms with Crippen LogP contribution in [0.5, 0.6) is 0 Å². The third-order valence-corrected chi connectivity index (χ3v) is 7.37. The molecule has 0 fully saturated rings. The highest BCUT2D eigenvalue weighted by Gasteiger charge is 2.18. The summed E-state index contributed by atoms with van der Waals surface area (Å²) in [7, 11) is 3.57. The van der Waals surface area contributed by atoms with E-state index in [9.17, 15) is 9.59 Å². The Hall–Kier alpha value is -3.89. The Kier molecular flexibility index (Phi) is 9.79. The van der Waals surface area contributed by atoms with Gasteiger partial charge in [0.2, 0.25) is 0 Å². The average molecular weight is 562 g/mol. The summed E-state index contributed by atoms with van der Waals surface area (Å²) in [6.07, 6.45) is 3.05. The van der Waals surface area contributed by atoms with Gasteiger partial charge in [-0.15, -0.1) is 0 Å². The number of ether oxygens (including phenoxy) is 1. The first-order chi connectivity index (χ1) is 19.3. The summed E-state index contributed by atoms with van der Waals surface area (Å²) >= 11 is 5.64. The Bertz CT molecular complexity index is 1570. The zero-order valence-corrected chi connectivity index (χ0v) is 24.2. The molecule has 2 aromatic carbocycles. The minimum Gasteiger partial charge on any atom is -0.383 e. The molecule has 0 bridgehead atoms. The second-order valence-electron chi connectivity index (χ2n) is 9.76. The number of hydrogen-bond donors (Lipinski definition) is 1. The lowest BCUT2D eigenvalue weighted by atomic mass is 9.98. The van der Waals surface area contributed by atoms with Crippen LogP contribution in [0.4, 0.5) is 0 Å². The lowest BCUT2D eigenvalue weighted by molar-refractivity contribution is 0.183. The molecule has 4 rings (SSSR count). The highest BCUT2D eigenvalue weighted by atomic mass is 32.1. The number of aromatic amines is 1. The van der Waals surface area contributed by atoms with Gasteiger partial charge in [-0.3, -0.25) is 18.9 Å².